The van der Waals surface area contributed by atoms with E-state index in [-0.39, 0.29) is 61.3 Å². The third-order valence-corrected chi connectivity index (χ3v) is 9.12. The molecule has 1 aliphatic rings. The molecule has 0 saturated carbocycles. The molecule has 1 amide bonds. The summed E-state index contributed by atoms with van der Waals surface area (Å²) in [7, 11) is -4.29. The molecular weight excluding hydrogens is 631 g/mol. The molecule has 0 unspecified atom stereocenters. The fourth-order valence-corrected chi connectivity index (χ4v) is 6.27. The van der Waals surface area contributed by atoms with E-state index in [2.05, 4.69) is 10.4 Å². The highest BCUT2D eigenvalue weighted by Gasteiger charge is 2.33. The number of sulfonamides is 1. The second kappa shape index (κ2) is 12.9. The number of rotatable bonds is 9. The zero-order chi connectivity index (χ0) is 33.2. The predicted molar refractivity (Wildman–Crippen MR) is 158 cm³/mol. The number of halogens is 3. The molecule has 46 heavy (non-hydrogen) atoms. The molecule has 0 spiro atoms. The number of nitrogens with zero attached hydrogens (tertiary/aromatic N) is 4. The Morgan fingerprint density at radius 2 is 1.76 bits per heavy atom. The number of carbonyl (C=O) groups is 1. The van der Waals surface area contributed by atoms with Crippen molar-refractivity contribution in [2.75, 3.05) is 26.3 Å². The Morgan fingerprint density at radius 1 is 1.07 bits per heavy atom. The topological polar surface area (TPSA) is 146 Å². The van der Waals surface area contributed by atoms with Crippen LogP contribution in [0.3, 0.4) is 0 Å². The van der Waals surface area contributed by atoms with Crippen molar-refractivity contribution in [2.45, 2.75) is 31.5 Å². The Hall–Kier alpha value is -4.80. The lowest BCUT2D eigenvalue weighted by atomic mass is 10.1. The van der Waals surface area contributed by atoms with Crippen molar-refractivity contribution in [1.29, 1.82) is 0 Å². The van der Waals surface area contributed by atoms with Gasteiger partial charge in [0.1, 0.15) is 10.6 Å². The Morgan fingerprint density at radius 3 is 2.41 bits per heavy atom. The second-order valence-electron chi connectivity index (χ2n) is 10.4. The summed E-state index contributed by atoms with van der Waals surface area (Å²) in [6, 6.07) is 14.6. The van der Waals surface area contributed by atoms with E-state index in [1.807, 2.05) is 6.92 Å². The number of nitrogens with one attached hydrogen (secondary N) is 1. The molecule has 5 rings (SSSR count). The summed E-state index contributed by atoms with van der Waals surface area (Å²) in [5, 5.41) is 18.6. The summed E-state index contributed by atoms with van der Waals surface area (Å²) in [5.41, 5.74) is 0.276. The first-order valence-corrected chi connectivity index (χ1v) is 15.3. The molecule has 1 fully saturated rings. The van der Waals surface area contributed by atoms with Crippen LogP contribution in [0.15, 0.2) is 71.6 Å². The predicted octanol–water partition coefficient (Wildman–Crippen LogP) is 5.16. The van der Waals surface area contributed by atoms with Gasteiger partial charge >= 0.3 is 6.18 Å². The average Bonchev–Trinajstić information content (AvgIpc) is 3.35. The monoisotopic (exact) mass is 659 g/mol. The van der Waals surface area contributed by atoms with Crippen molar-refractivity contribution < 1.29 is 40.8 Å². The van der Waals surface area contributed by atoms with Gasteiger partial charge in [0.25, 0.3) is 11.6 Å². The first kappa shape index (κ1) is 32.6. The van der Waals surface area contributed by atoms with Crippen LogP contribution in [0.2, 0.25) is 0 Å². The minimum absolute atomic E-state index is 0.0288. The Labute approximate surface area is 261 Å². The fraction of sp³-hybridized carbons (Fsp3) is 0.267. The number of aromatic nitrogens is 2. The van der Waals surface area contributed by atoms with Crippen molar-refractivity contribution in [3.05, 3.63) is 105 Å². The van der Waals surface area contributed by atoms with Gasteiger partial charge in [-0.15, -0.1) is 0 Å². The van der Waals surface area contributed by atoms with E-state index in [0.29, 0.717) is 5.69 Å². The van der Waals surface area contributed by atoms with Gasteiger partial charge in [0.15, 0.2) is 5.69 Å². The number of hydrogen-bond donors (Lipinski definition) is 1. The van der Waals surface area contributed by atoms with E-state index in [0.717, 1.165) is 40.2 Å². The van der Waals surface area contributed by atoms with Gasteiger partial charge in [-0.05, 0) is 49.7 Å². The van der Waals surface area contributed by atoms with Gasteiger partial charge in [0, 0.05) is 37.3 Å². The second-order valence-corrected chi connectivity index (χ2v) is 12.3. The molecule has 12 nitrogen and oxygen atoms in total. The van der Waals surface area contributed by atoms with E-state index in [1.165, 1.54) is 23.7 Å². The summed E-state index contributed by atoms with van der Waals surface area (Å²) >= 11 is 0. The summed E-state index contributed by atoms with van der Waals surface area (Å²) < 4.78 is 80.7. The number of morpholine rings is 1. The minimum atomic E-state index is -4.55. The Bertz CT molecular complexity index is 1890. The lowest BCUT2D eigenvalue weighted by molar-refractivity contribution is -0.385. The third-order valence-electron chi connectivity index (χ3n) is 7.20. The SMILES string of the molecule is Cc1ccc(-n2nc(C(=O)NCc3cccc(C(F)(F)F)c3)c(C)c2Oc2ccc([N+](=O)[O-])cc2S(=O)(=O)N2CCOCC2)cc1. The number of aryl methyl sites for hydroxylation is 1. The number of non-ortho nitro benzene ring substituents is 1. The molecular formula is C30H28F3N5O7S. The number of benzene rings is 3. The third kappa shape index (κ3) is 6.88. The molecule has 242 valence electrons. The number of nitro benzene ring substituents is 1. The zero-order valence-electron chi connectivity index (χ0n) is 24.6. The molecule has 1 aliphatic heterocycles. The molecule has 0 radical (unpaired) electrons. The maximum absolute atomic E-state index is 13.7. The fourth-order valence-electron chi connectivity index (χ4n) is 4.73. The summed E-state index contributed by atoms with van der Waals surface area (Å²) in [6.07, 6.45) is -4.55. The number of ether oxygens (including phenoxy) is 2. The van der Waals surface area contributed by atoms with E-state index in [4.69, 9.17) is 9.47 Å². The number of carbonyl (C=O) groups excluding carboxylic acids is 1. The largest absolute Gasteiger partial charge is 0.437 e. The molecule has 0 atom stereocenters. The maximum Gasteiger partial charge on any atom is 0.416 e. The van der Waals surface area contributed by atoms with Crippen molar-refractivity contribution >= 4 is 21.6 Å². The van der Waals surface area contributed by atoms with E-state index < -0.39 is 43.2 Å². The van der Waals surface area contributed by atoms with Gasteiger partial charge in [-0.1, -0.05) is 29.8 Å². The Balaban J connectivity index is 1.54. The van der Waals surface area contributed by atoms with E-state index >= 15 is 0 Å². The van der Waals surface area contributed by atoms with Gasteiger partial charge in [0.05, 0.1) is 29.4 Å². The van der Waals surface area contributed by atoms with Gasteiger partial charge in [-0.2, -0.15) is 27.3 Å². The molecule has 0 aliphatic carbocycles. The molecule has 0 bridgehead atoms. The summed E-state index contributed by atoms with van der Waals surface area (Å²) in [5.74, 6) is -1.03. The molecule has 1 N–H and O–H groups in total. The van der Waals surface area contributed by atoms with Crippen LogP contribution < -0.4 is 10.1 Å². The van der Waals surface area contributed by atoms with Crippen LogP contribution in [0.25, 0.3) is 5.69 Å². The summed E-state index contributed by atoms with van der Waals surface area (Å²) in [6.45, 7) is 3.48. The van der Waals surface area contributed by atoms with Crippen molar-refractivity contribution in [3.8, 4) is 17.3 Å². The zero-order valence-corrected chi connectivity index (χ0v) is 25.4. The number of nitro groups is 1. The molecule has 2 heterocycles. The van der Waals surface area contributed by atoms with Gasteiger partial charge in [-0.25, -0.2) is 8.42 Å². The van der Waals surface area contributed by atoms with E-state index in [9.17, 15) is 36.5 Å². The van der Waals surface area contributed by atoms with Crippen LogP contribution in [-0.2, 0) is 27.5 Å². The van der Waals surface area contributed by atoms with Crippen molar-refractivity contribution in [1.82, 2.24) is 19.4 Å². The average molecular weight is 660 g/mol. The van der Waals surface area contributed by atoms with Crippen molar-refractivity contribution in [2.24, 2.45) is 0 Å². The molecule has 3 aromatic carbocycles. The first-order valence-electron chi connectivity index (χ1n) is 13.9. The minimum Gasteiger partial charge on any atom is -0.437 e. The van der Waals surface area contributed by atoms with E-state index in [1.54, 1.807) is 24.3 Å². The quantitative estimate of drug-likeness (QED) is 0.192. The standard InChI is InChI=1S/C30H28F3N5O7S/c1-19-6-8-23(9-7-19)37-29(20(2)27(35-37)28(39)34-18-21-4-3-5-22(16-21)30(31,32)33)45-25-11-10-24(38(40)41)17-26(25)46(42,43)36-12-14-44-15-13-36/h3-11,16-17H,12-15,18H2,1-2H3,(H,34,39). The first-order chi connectivity index (χ1) is 21.8. The van der Waals surface area contributed by atoms with Crippen molar-refractivity contribution in [3.63, 3.8) is 0 Å². The number of hydrogen-bond acceptors (Lipinski definition) is 8. The van der Waals surface area contributed by atoms with Crippen LogP contribution in [0.5, 0.6) is 11.6 Å². The molecule has 1 saturated heterocycles. The normalized spacial score (nSPS) is 14.2. The molecule has 16 heteroatoms. The maximum atomic E-state index is 13.7. The van der Waals surface area contributed by atoms with Crippen LogP contribution >= 0.6 is 0 Å². The lowest BCUT2D eigenvalue weighted by Gasteiger charge is -2.26. The highest BCUT2D eigenvalue weighted by atomic mass is 32.2. The summed E-state index contributed by atoms with van der Waals surface area (Å²) in [4.78, 5) is 23.7. The van der Waals surface area contributed by atoms with Gasteiger partial charge in [0.2, 0.25) is 15.9 Å². The van der Waals surface area contributed by atoms with Crippen LogP contribution in [-0.4, -0.2) is 59.6 Å². The van der Waals surface area contributed by atoms with Crippen LogP contribution in [0, 0.1) is 24.0 Å². The highest BCUT2D eigenvalue weighted by molar-refractivity contribution is 7.89. The van der Waals surface area contributed by atoms with Crippen LogP contribution in [0.1, 0.15) is 32.7 Å². The molecule has 1 aromatic heterocycles. The lowest BCUT2D eigenvalue weighted by Crippen LogP contribution is -2.40. The number of alkyl halides is 3. The van der Waals surface area contributed by atoms with Gasteiger partial charge < -0.3 is 14.8 Å². The molecule has 4 aromatic rings. The Kier molecular flexibility index (Phi) is 9.14. The van der Waals surface area contributed by atoms with Crippen LogP contribution in [0.4, 0.5) is 18.9 Å². The highest BCUT2D eigenvalue weighted by Crippen LogP contribution is 2.37. The smallest absolute Gasteiger partial charge is 0.416 e. The number of amides is 1. The van der Waals surface area contributed by atoms with Gasteiger partial charge in [-0.3, -0.25) is 14.9 Å².